The van der Waals surface area contributed by atoms with Gasteiger partial charge in [0.15, 0.2) is 0 Å². The van der Waals surface area contributed by atoms with E-state index in [4.69, 9.17) is 20.9 Å². The van der Waals surface area contributed by atoms with Crippen molar-refractivity contribution in [2.24, 2.45) is 5.92 Å². The minimum Gasteiger partial charge on any atom is -0.494 e. The monoisotopic (exact) mass is 454 g/mol. The number of aromatic nitrogens is 2. The zero-order chi connectivity index (χ0) is 22.3. The summed E-state index contributed by atoms with van der Waals surface area (Å²) in [6.45, 7) is 5.05. The fourth-order valence-electron chi connectivity index (χ4n) is 3.95. The molecular weight excluding hydrogens is 428 g/mol. The van der Waals surface area contributed by atoms with Gasteiger partial charge in [-0.2, -0.15) is 4.98 Å². The number of halogens is 1. The molecule has 1 aliphatic heterocycles. The van der Waals surface area contributed by atoms with Crippen molar-refractivity contribution in [3.05, 3.63) is 65.0 Å². The Morgan fingerprint density at radius 1 is 1.25 bits per heavy atom. The van der Waals surface area contributed by atoms with E-state index < -0.39 is 0 Å². The van der Waals surface area contributed by atoms with E-state index >= 15 is 0 Å². The van der Waals surface area contributed by atoms with Crippen LogP contribution in [-0.4, -0.2) is 40.6 Å². The molecule has 32 heavy (non-hydrogen) atoms. The van der Waals surface area contributed by atoms with Crippen molar-refractivity contribution in [1.82, 2.24) is 20.4 Å². The zero-order valence-corrected chi connectivity index (χ0v) is 18.8. The van der Waals surface area contributed by atoms with E-state index in [0.717, 1.165) is 36.3 Å². The highest BCUT2D eigenvalue weighted by Gasteiger charge is 2.27. The summed E-state index contributed by atoms with van der Waals surface area (Å²) < 4.78 is 11.1. The first-order valence-electron chi connectivity index (χ1n) is 10.9. The van der Waals surface area contributed by atoms with E-state index in [1.807, 2.05) is 49.4 Å². The van der Waals surface area contributed by atoms with Crippen LogP contribution in [-0.2, 0) is 17.9 Å². The predicted molar refractivity (Wildman–Crippen MR) is 122 cm³/mol. The van der Waals surface area contributed by atoms with Gasteiger partial charge in [-0.1, -0.05) is 47.1 Å². The number of carbonyl (C=O) groups excluding carboxylic acids is 1. The lowest BCUT2D eigenvalue weighted by atomic mass is 9.97. The molecule has 1 aromatic heterocycles. The molecule has 2 heterocycles. The smallest absolute Gasteiger partial charge is 0.241 e. The number of rotatable bonds is 8. The van der Waals surface area contributed by atoms with E-state index in [2.05, 4.69) is 20.4 Å². The van der Waals surface area contributed by atoms with E-state index in [-0.39, 0.29) is 11.8 Å². The number of nitrogens with zero attached hydrogens (tertiary/aromatic N) is 3. The number of piperidine rings is 1. The Kier molecular flexibility index (Phi) is 7.39. The van der Waals surface area contributed by atoms with Crippen LogP contribution in [0.5, 0.6) is 5.75 Å². The summed E-state index contributed by atoms with van der Waals surface area (Å²) in [6, 6.07) is 15.2. The van der Waals surface area contributed by atoms with Gasteiger partial charge >= 0.3 is 0 Å². The topological polar surface area (TPSA) is 80.5 Å². The lowest BCUT2D eigenvalue weighted by molar-refractivity contribution is -0.127. The predicted octanol–water partition coefficient (Wildman–Crippen LogP) is 4.32. The van der Waals surface area contributed by atoms with Crippen molar-refractivity contribution >= 4 is 17.5 Å². The number of carbonyl (C=O) groups is 1. The first kappa shape index (κ1) is 22.3. The Balaban J connectivity index is 1.33. The van der Waals surface area contributed by atoms with E-state index in [1.165, 1.54) is 0 Å². The maximum absolute atomic E-state index is 12.8. The van der Waals surface area contributed by atoms with Gasteiger partial charge in [0.05, 0.1) is 24.1 Å². The Bertz CT molecular complexity index is 1050. The third-order valence-corrected chi connectivity index (χ3v) is 5.87. The summed E-state index contributed by atoms with van der Waals surface area (Å²) in [4.78, 5) is 19.5. The molecule has 0 saturated carbocycles. The van der Waals surface area contributed by atoms with Gasteiger partial charge in [-0.3, -0.25) is 9.69 Å². The second kappa shape index (κ2) is 10.6. The molecule has 168 valence electrons. The molecule has 1 fully saturated rings. The number of ether oxygens (including phenoxy) is 1. The fourth-order valence-corrected chi connectivity index (χ4v) is 4.17. The van der Waals surface area contributed by atoms with E-state index in [9.17, 15) is 4.79 Å². The van der Waals surface area contributed by atoms with Gasteiger partial charge in [0, 0.05) is 24.2 Å². The van der Waals surface area contributed by atoms with Gasteiger partial charge in [0.25, 0.3) is 0 Å². The number of para-hydroxylation sites is 1. The minimum absolute atomic E-state index is 0.0586. The Hall–Kier alpha value is -2.90. The quantitative estimate of drug-likeness (QED) is 0.546. The fraction of sp³-hybridized carbons (Fsp3) is 0.375. The number of amides is 1. The van der Waals surface area contributed by atoms with Crippen LogP contribution >= 0.6 is 11.6 Å². The summed E-state index contributed by atoms with van der Waals surface area (Å²) >= 11 is 6.23. The Morgan fingerprint density at radius 3 is 2.91 bits per heavy atom. The van der Waals surface area contributed by atoms with Crippen molar-refractivity contribution in [3.8, 4) is 17.1 Å². The van der Waals surface area contributed by atoms with Crippen molar-refractivity contribution in [3.63, 3.8) is 0 Å². The molecule has 1 saturated heterocycles. The van der Waals surface area contributed by atoms with Crippen LogP contribution < -0.4 is 10.1 Å². The third kappa shape index (κ3) is 5.47. The van der Waals surface area contributed by atoms with Gasteiger partial charge < -0.3 is 14.6 Å². The van der Waals surface area contributed by atoms with Gasteiger partial charge in [-0.05, 0) is 44.5 Å². The number of benzene rings is 2. The van der Waals surface area contributed by atoms with Gasteiger partial charge in [-0.15, -0.1) is 0 Å². The zero-order valence-electron chi connectivity index (χ0n) is 18.1. The highest BCUT2D eigenvalue weighted by molar-refractivity contribution is 6.33. The molecule has 1 atom stereocenters. The summed E-state index contributed by atoms with van der Waals surface area (Å²) in [7, 11) is 0. The van der Waals surface area contributed by atoms with Gasteiger partial charge in [-0.25, -0.2) is 0 Å². The summed E-state index contributed by atoms with van der Waals surface area (Å²) in [5.41, 5.74) is 1.72. The molecule has 1 amide bonds. The molecule has 3 aromatic rings. The van der Waals surface area contributed by atoms with Crippen LogP contribution in [0.4, 0.5) is 0 Å². The van der Waals surface area contributed by atoms with Crippen LogP contribution in [0.3, 0.4) is 0 Å². The highest BCUT2D eigenvalue weighted by atomic mass is 35.5. The molecule has 2 aromatic carbocycles. The van der Waals surface area contributed by atoms with Crippen LogP contribution in [0.2, 0.25) is 5.02 Å². The van der Waals surface area contributed by atoms with E-state index in [1.54, 1.807) is 6.07 Å². The lowest BCUT2D eigenvalue weighted by Gasteiger charge is -2.30. The molecule has 0 radical (unpaired) electrons. The number of hydrogen-bond donors (Lipinski definition) is 1. The average Bonchev–Trinajstić information content (AvgIpc) is 3.27. The highest BCUT2D eigenvalue weighted by Crippen LogP contribution is 2.26. The summed E-state index contributed by atoms with van der Waals surface area (Å²) in [6.07, 6.45) is 1.81. The van der Waals surface area contributed by atoms with Crippen molar-refractivity contribution in [1.29, 1.82) is 0 Å². The summed E-state index contributed by atoms with van der Waals surface area (Å²) in [5, 5.41) is 7.72. The lowest BCUT2D eigenvalue weighted by Crippen LogP contribution is -2.42. The first-order valence-corrected chi connectivity index (χ1v) is 11.3. The normalized spacial score (nSPS) is 16.6. The molecule has 0 aliphatic carbocycles. The minimum atomic E-state index is -0.0750. The molecule has 4 rings (SSSR count). The molecule has 1 unspecified atom stereocenters. The Labute approximate surface area is 192 Å². The van der Waals surface area contributed by atoms with Crippen LogP contribution in [0.1, 0.15) is 31.2 Å². The second-order valence-electron chi connectivity index (χ2n) is 7.82. The van der Waals surface area contributed by atoms with Crippen molar-refractivity contribution in [2.75, 3.05) is 19.7 Å². The maximum atomic E-state index is 12.8. The van der Waals surface area contributed by atoms with E-state index in [0.29, 0.717) is 43.0 Å². The van der Waals surface area contributed by atoms with Crippen LogP contribution in [0, 0.1) is 5.92 Å². The number of hydrogen-bond acceptors (Lipinski definition) is 6. The van der Waals surface area contributed by atoms with Crippen LogP contribution in [0.25, 0.3) is 11.4 Å². The van der Waals surface area contributed by atoms with Crippen LogP contribution in [0.15, 0.2) is 53.1 Å². The standard InChI is InChI=1S/C24H27ClN4O3/c1-2-31-21-12-6-3-8-17(21)14-26-24(30)18-9-7-13-29(15-18)16-22-27-23(28-32-22)19-10-4-5-11-20(19)25/h3-6,8,10-12,18H,2,7,9,13-16H2,1H3,(H,26,30). The third-order valence-electron chi connectivity index (χ3n) is 5.54. The molecule has 1 N–H and O–H groups in total. The Morgan fingerprint density at radius 2 is 2.06 bits per heavy atom. The molecule has 8 heteroatoms. The first-order chi connectivity index (χ1) is 15.6. The largest absolute Gasteiger partial charge is 0.494 e. The summed E-state index contributed by atoms with van der Waals surface area (Å²) in [5.74, 6) is 1.79. The number of nitrogens with one attached hydrogen (secondary N) is 1. The van der Waals surface area contributed by atoms with Gasteiger partial charge in [0.2, 0.25) is 17.6 Å². The van der Waals surface area contributed by atoms with Crippen molar-refractivity contribution in [2.45, 2.75) is 32.9 Å². The van der Waals surface area contributed by atoms with Gasteiger partial charge in [0.1, 0.15) is 5.75 Å². The average molecular weight is 455 g/mol. The molecule has 0 spiro atoms. The molecule has 7 nitrogen and oxygen atoms in total. The number of likely N-dealkylation sites (tertiary alicyclic amines) is 1. The SMILES string of the molecule is CCOc1ccccc1CNC(=O)C1CCCN(Cc2nc(-c3ccccc3Cl)no2)C1. The molecular formula is C24H27ClN4O3. The van der Waals surface area contributed by atoms with Crippen molar-refractivity contribution < 1.29 is 14.1 Å². The second-order valence-corrected chi connectivity index (χ2v) is 8.23. The maximum Gasteiger partial charge on any atom is 0.241 e. The molecule has 0 bridgehead atoms. The molecule has 1 aliphatic rings.